The molecule has 12 heteroatoms. The molecule has 3 fully saturated rings. The first-order chi connectivity index (χ1) is 21.9. The number of ketones is 1. The Kier molecular flexibility index (Phi) is 7.36. The number of carbonyl (C=O) groups excluding carboxylic acids is 1. The highest BCUT2D eigenvalue weighted by Gasteiger charge is 2.49. The number of Topliss-reactive ketones (excluding diaryl/α,β-unsaturated/α-hetero) is 1. The largest absolute Gasteiger partial charge is 0.461 e. The van der Waals surface area contributed by atoms with Gasteiger partial charge in [-0.3, -0.25) is 19.8 Å². The molecule has 0 spiro atoms. The van der Waals surface area contributed by atoms with Gasteiger partial charge in [0, 0.05) is 61.1 Å². The summed E-state index contributed by atoms with van der Waals surface area (Å²) in [4.78, 5) is 31.5. The van der Waals surface area contributed by atoms with Crippen molar-refractivity contribution in [1.29, 1.82) is 0 Å². The average molecular weight is 636 g/mol. The van der Waals surface area contributed by atoms with Crippen LogP contribution in [0.15, 0.2) is 18.5 Å². The first kappa shape index (κ1) is 29.0. The summed E-state index contributed by atoms with van der Waals surface area (Å²) in [5.74, 6) is 0.537. The molecule has 45 heavy (non-hydrogen) atoms. The summed E-state index contributed by atoms with van der Waals surface area (Å²) in [6.07, 6.45) is 9.52. The number of aromatic nitrogens is 5. The molecule has 3 aromatic heterocycles. The fourth-order valence-electron chi connectivity index (χ4n) is 8.21. The number of pyridine rings is 1. The molecule has 4 aromatic rings. The standard InChI is InChI=1S/C33H36ClF2N7O2/c34-25-12-26-23(15-38-41-26)27-22(25)6-1-5-21(44)8-7-19-4-2-10-42(16-19)31-24-14-37-30(27)28(36)29(24)39-32(40-31)45-18-33-9-3-11-43(33)17-20(35)13-33/h12,14-15,19-20H,1-11,13,16-18H2,(H,38,41)/t19?,20-,33+/m1/s1. The Balaban J connectivity index is 1.29. The Morgan fingerprint density at radius 3 is 2.89 bits per heavy atom. The number of anilines is 1. The lowest BCUT2D eigenvalue weighted by Crippen LogP contribution is -2.43. The van der Waals surface area contributed by atoms with E-state index in [9.17, 15) is 9.18 Å². The summed E-state index contributed by atoms with van der Waals surface area (Å²) in [5, 5.41) is 8.81. The Morgan fingerprint density at radius 2 is 1.98 bits per heavy atom. The van der Waals surface area contributed by atoms with E-state index in [0.717, 1.165) is 50.8 Å². The van der Waals surface area contributed by atoms with Gasteiger partial charge in [0.25, 0.3) is 0 Å². The van der Waals surface area contributed by atoms with Crippen molar-refractivity contribution in [2.24, 2.45) is 5.92 Å². The highest BCUT2D eigenvalue weighted by atomic mass is 35.5. The molecular formula is C33H36ClF2N7O2. The second-order valence-electron chi connectivity index (χ2n) is 13.3. The van der Waals surface area contributed by atoms with E-state index >= 15 is 4.39 Å². The number of carbonyl (C=O) groups is 1. The minimum atomic E-state index is -0.885. The van der Waals surface area contributed by atoms with Crippen LogP contribution in [0.5, 0.6) is 6.01 Å². The van der Waals surface area contributed by atoms with E-state index in [1.54, 1.807) is 18.5 Å². The number of halogens is 3. The summed E-state index contributed by atoms with van der Waals surface area (Å²) in [6, 6.07) is 1.87. The van der Waals surface area contributed by atoms with Crippen molar-refractivity contribution in [2.45, 2.75) is 75.9 Å². The van der Waals surface area contributed by atoms with Gasteiger partial charge in [0.15, 0.2) is 5.82 Å². The Hall–Kier alpha value is -3.44. The predicted molar refractivity (Wildman–Crippen MR) is 168 cm³/mol. The van der Waals surface area contributed by atoms with Crippen molar-refractivity contribution >= 4 is 45.0 Å². The van der Waals surface area contributed by atoms with Crippen LogP contribution >= 0.6 is 11.6 Å². The average Bonchev–Trinajstić information content (AvgIpc) is 3.73. The van der Waals surface area contributed by atoms with E-state index in [-0.39, 0.29) is 35.2 Å². The predicted octanol–water partition coefficient (Wildman–Crippen LogP) is 6.22. The van der Waals surface area contributed by atoms with Crippen LogP contribution in [0.2, 0.25) is 5.02 Å². The number of piperidine rings is 1. The highest BCUT2D eigenvalue weighted by molar-refractivity contribution is 6.33. The van der Waals surface area contributed by atoms with Crippen LogP contribution in [0.3, 0.4) is 0 Å². The molecule has 0 aliphatic carbocycles. The molecule has 0 amide bonds. The third-order valence-electron chi connectivity index (χ3n) is 10.4. The summed E-state index contributed by atoms with van der Waals surface area (Å²) in [6.45, 7) is 2.96. The number of H-pyrrole nitrogens is 1. The Bertz CT molecular complexity index is 1800. The maximum Gasteiger partial charge on any atom is 0.319 e. The van der Waals surface area contributed by atoms with Crippen molar-refractivity contribution in [3.05, 3.63) is 34.9 Å². The van der Waals surface area contributed by atoms with Gasteiger partial charge in [-0.2, -0.15) is 15.1 Å². The molecule has 8 heterocycles. The molecule has 6 bridgehead atoms. The summed E-state index contributed by atoms with van der Waals surface area (Å²) >= 11 is 6.80. The second-order valence-corrected chi connectivity index (χ2v) is 13.7. The number of hydrogen-bond acceptors (Lipinski definition) is 8. The Labute approximate surface area is 264 Å². The summed E-state index contributed by atoms with van der Waals surface area (Å²) in [7, 11) is 0. The summed E-state index contributed by atoms with van der Waals surface area (Å²) < 4.78 is 37.7. The van der Waals surface area contributed by atoms with Crippen molar-refractivity contribution in [2.75, 3.05) is 37.7 Å². The van der Waals surface area contributed by atoms with Crippen molar-refractivity contribution in [3.63, 3.8) is 0 Å². The number of fused-ring (bicyclic) bond motifs is 8. The zero-order chi connectivity index (χ0) is 30.7. The maximum absolute atomic E-state index is 17.0. The molecule has 9 nitrogen and oxygen atoms in total. The van der Waals surface area contributed by atoms with Crippen LogP contribution in [-0.2, 0) is 11.2 Å². The van der Waals surface area contributed by atoms with E-state index in [1.165, 1.54) is 0 Å². The fraction of sp³-hybridized carbons (Fsp3) is 0.545. The normalized spacial score (nSPS) is 25.8. The number of rotatable bonds is 3. The molecule has 3 atom stereocenters. The van der Waals surface area contributed by atoms with Gasteiger partial charge in [-0.25, -0.2) is 8.78 Å². The van der Waals surface area contributed by atoms with Crippen molar-refractivity contribution in [1.82, 2.24) is 30.0 Å². The van der Waals surface area contributed by atoms with Gasteiger partial charge in [0.2, 0.25) is 0 Å². The van der Waals surface area contributed by atoms with Gasteiger partial charge in [-0.15, -0.1) is 0 Å². The minimum Gasteiger partial charge on any atom is -0.461 e. The number of hydrogen-bond donors (Lipinski definition) is 1. The SMILES string of the molecule is O=C1CCCc2c(Cl)cc3[nH]ncc3c2-c2ncc3c(nc(OC[C@@]45CCCN4C[C@H](F)C5)nc3c2F)N2CCCC(CC1)C2. The van der Waals surface area contributed by atoms with E-state index in [0.29, 0.717) is 83.8 Å². The van der Waals surface area contributed by atoms with Crippen LogP contribution in [-0.4, -0.2) is 80.3 Å². The molecule has 5 aliphatic rings. The smallest absolute Gasteiger partial charge is 0.319 e. The minimum absolute atomic E-state index is 0.0790. The van der Waals surface area contributed by atoms with E-state index in [2.05, 4.69) is 25.0 Å². The topological polar surface area (TPSA) is 100 Å². The lowest BCUT2D eigenvalue weighted by atomic mass is 9.90. The van der Waals surface area contributed by atoms with Crippen molar-refractivity contribution in [3.8, 4) is 17.3 Å². The Morgan fingerprint density at radius 1 is 1.07 bits per heavy atom. The van der Waals surface area contributed by atoms with Crippen LogP contribution in [0.4, 0.5) is 14.6 Å². The molecule has 9 rings (SSSR count). The monoisotopic (exact) mass is 635 g/mol. The zero-order valence-electron chi connectivity index (χ0n) is 25.1. The van der Waals surface area contributed by atoms with Crippen LogP contribution < -0.4 is 9.64 Å². The third-order valence-corrected chi connectivity index (χ3v) is 10.8. The van der Waals surface area contributed by atoms with Gasteiger partial charge in [0.05, 0.1) is 22.6 Å². The number of nitrogens with zero attached hydrogens (tertiary/aromatic N) is 6. The van der Waals surface area contributed by atoms with E-state index in [1.807, 2.05) is 0 Å². The number of nitrogens with one attached hydrogen (secondary N) is 1. The quantitative estimate of drug-likeness (QED) is 0.283. The van der Waals surface area contributed by atoms with E-state index in [4.69, 9.17) is 26.3 Å². The first-order valence-corrected chi connectivity index (χ1v) is 16.6. The van der Waals surface area contributed by atoms with Gasteiger partial charge in [-0.05, 0) is 69.0 Å². The third kappa shape index (κ3) is 5.12. The fourth-order valence-corrected chi connectivity index (χ4v) is 8.51. The zero-order valence-corrected chi connectivity index (χ0v) is 25.9. The van der Waals surface area contributed by atoms with Crippen LogP contribution in [0, 0.1) is 11.7 Å². The number of alkyl halides is 1. The molecule has 3 saturated heterocycles. The number of ether oxygens (including phenoxy) is 1. The van der Waals surface area contributed by atoms with Crippen LogP contribution in [0.1, 0.15) is 63.4 Å². The van der Waals surface area contributed by atoms with Crippen molar-refractivity contribution < 1.29 is 18.3 Å². The summed E-state index contributed by atoms with van der Waals surface area (Å²) in [5.41, 5.74) is 1.80. The lowest BCUT2D eigenvalue weighted by molar-refractivity contribution is -0.119. The molecule has 1 unspecified atom stereocenters. The number of benzene rings is 1. The maximum atomic E-state index is 17.0. The molecule has 1 N–H and O–H groups in total. The molecule has 1 aromatic carbocycles. The lowest BCUT2D eigenvalue weighted by Gasteiger charge is -2.34. The second kappa shape index (κ2) is 11.4. The van der Waals surface area contributed by atoms with Gasteiger partial charge in [-0.1, -0.05) is 11.6 Å². The van der Waals surface area contributed by atoms with Crippen LogP contribution in [0.25, 0.3) is 33.1 Å². The van der Waals surface area contributed by atoms with Gasteiger partial charge < -0.3 is 9.64 Å². The molecular weight excluding hydrogens is 600 g/mol. The van der Waals surface area contributed by atoms with Gasteiger partial charge >= 0.3 is 6.01 Å². The molecule has 0 saturated carbocycles. The molecule has 5 aliphatic heterocycles. The molecule has 236 valence electrons. The first-order valence-electron chi connectivity index (χ1n) is 16.2. The highest BCUT2D eigenvalue weighted by Crippen LogP contribution is 2.42. The molecule has 0 radical (unpaired) electrons. The number of aromatic amines is 1. The van der Waals surface area contributed by atoms with E-state index < -0.39 is 12.0 Å². The van der Waals surface area contributed by atoms with Gasteiger partial charge in [0.1, 0.15) is 35.6 Å².